The minimum absolute atomic E-state index is 0.0383. The van der Waals surface area contributed by atoms with Crippen LogP contribution in [0.25, 0.3) is 0 Å². The highest BCUT2D eigenvalue weighted by molar-refractivity contribution is 4.76. The van der Waals surface area contributed by atoms with Gasteiger partial charge in [0.1, 0.15) is 0 Å². The van der Waals surface area contributed by atoms with E-state index in [4.69, 9.17) is 15.6 Å². The first-order valence-corrected chi connectivity index (χ1v) is 4.03. The van der Waals surface area contributed by atoms with Gasteiger partial charge in [-0.1, -0.05) is 6.92 Å². The van der Waals surface area contributed by atoms with Gasteiger partial charge in [0.15, 0.2) is 0 Å². The predicted octanol–water partition coefficient (Wildman–Crippen LogP) is 0.511. The maximum Gasteiger partial charge on any atom is 0.0669 e. The van der Waals surface area contributed by atoms with Gasteiger partial charge in [-0.05, 0) is 20.3 Å². The summed E-state index contributed by atoms with van der Waals surface area (Å²) in [5.74, 6) is 0. The number of hydrogen-bond donors (Lipinski definition) is 2. The highest BCUT2D eigenvalue weighted by Gasteiger charge is 2.17. The smallest absolute Gasteiger partial charge is 0.0669 e. The number of rotatable bonds is 5. The van der Waals surface area contributed by atoms with Crippen LogP contribution in [0.5, 0.6) is 0 Å². The van der Waals surface area contributed by atoms with E-state index >= 15 is 0 Å². The van der Waals surface area contributed by atoms with Crippen LogP contribution in [-0.4, -0.2) is 30.0 Å². The Labute approximate surface area is 68.5 Å². The van der Waals surface area contributed by atoms with Crippen LogP contribution in [0.3, 0.4) is 0 Å². The number of nitrogens with two attached hydrogens (primary N) is 1. The first-order valence-electron chi connectivity index (χ1n) is 4.03. The van der Waals surface area contributed by atoms with Crippen molar-refractivity contribution in [3.8, 4) is 0 Å². The van der Waals surface area contributed by atoms with Crippen molar-refractivity contribution in [2.45, 2.75) is 38.8 Å². The Bertz CT molecular complexity index is 104. The summed E-state index contributed by atoms with van der Waals surface area (Å²) in [6, 6.07) is 0. The van der Waals surface area contributed by atoms with Crippen LogP contribution >= 0.6 is 0 Å². The van der Waals surface area contributed by atoms with Crippen molar-refractivity contribution in [1.82, 2.24) is 0 Å². The Balaban J connectivity index is 3.52. The Hall–Kier alpha value is -0.120. The summed E-state index contributed by atoms with van der Waals surface area (Å²) in [4.78, 5) is 0. The predicted molar refractivity (Wildman–Crippen MR) is 45.4 cm³/mol. The van der Waals surface area contributed by atoms with E-state index in [-0.39, 0.29) is 12.7 Å². The molecule has 0 aliphatic rings. The molecular weight excluding hydrogens is 142 g/mol. The van der Waals surface area contributed by atoms with Crippen LogP contribution in [0.2, 0.25) is 0 Å². The second-order valence-corrected chi connectivity index (χ2v) is 3.34. The summed E-state index contributed by atoms with van der Waals surface area (Å²) in [5.41, 5.74) is 5.05. The second-order valence-electron chi connectivity index (χ2n) is 3.34. The molecule has 0 saturated heterocycles. The number of hydrogen-bond acceptors (Lipinski definition) is 3. The van der Waals surface area contributed by atoms with Crippen molar-refractivity contribution in [2.24, 2.45) is 5.73 Å². The summed E-state index contributed by atoms with van der Waals surface area (Å²) in [6.07, 6.45) is 1.20. The Morgan fingerprint density at radius 3 is 2.55 bits per heavy atom. The van der Waals surface area contributed by atoms with Crippen LogP contribution < -0.4 is 5.73 Å². The average Bonchev–Trinajstić information content (AvgIpc) is 2.00. The van der Waals surface area contributed by atoms with E-state index in [0.29, 0.717) is 6.61 Å². The maximum absolute atomic E-state index is 8.77. The monoisotopic (exact) mass is 161 g/mol. The Morgan fingerprint density at radius 1 is 1.64 bits per heavy atom. The number of ether oxygens (including phenoxy) is 1. The molecule has 0 bridgehead atoms. The molecule has 3 N–H and O–H groups in total. The van der Waals surface area contributed by atoms with Crippen molar-refractivity contribution < 1.29 is 9.84 Å². The van der Waals surface area contributed by atoms with Crippen LogP contribution in [0, 0.1) is 0 Å². The van der Waals surface area contributed by atoms with Gasteiger partial charge in [-0.15, -0.1) is 0 Å². The molecule has 0 fully saturated rings. The minimum atomic E-state index is -0.594. The van der Waals surface area contributed by atoms with Gasteiger partial charge in [0.05, 0.1) is 24.9 Å². The zero-order chi connectivity index (χ0) is 8.91. The summed E-state index contributed by atoms with van der Waals surface area (Å²) in [5, 5.41) is 8.77. The maximum atomic E-state index is 8.77. The topological polar surface area (TPSA) is 55.5 Å². The van der Waals surface area contributed by atoms with Crippen molar-refractivity contribution >= 4 is 0 Å². The molecule has 68 valence electrons. The molecule has 11 heavy (non-hydrogen) atoms. The molecule has 0 aliphatic carbocycles. The van der Waals surface area contributed by atoms with Gasteiger partial charge >= 0.3 is 0 Å². The number of aliphatic hydroxyl groups excluding tert-OH is 1. The zero-order valence-corrected chi connectivity index (χ0v) is 7.63. The fourth-order valence-electron chi connectivity index (χ4n) is 0.496. The lowest BCUT2D eigenvalue weighted by molar-refractivity contribution is 0.0161. The summed E-state index contributed by atoms with van der Waals surface area (Å²) < 4.78 is 5.36. The molecule has 0 aliphatic heterocycles. The zero-order valence-electron chi connectivity index (χ0n) is 7.63. The lowest BCUT2D eigenvalue weighted by atomic mass is 10.1. The molecule has 0 aromatic heterocycles. The molecule has 0 amide bonds. The Morgan fingerprint density at radius 2 is 2.18 bits per heavy atom. The largest absolute Gasteiger partial charge is 0.394 e. The first kappa shape index (κ1) is 10.9. The van der Waals surface area contributed by atoms with Gasteiger partial charge in [0.25, 0.3) is 0 Å². The molecule has 0 aromatic rings. The fraction of sp³-hybridized carbons (Fsp3) is 1.00. The molecule has 0 radical (unpaired) electrons. The minimum Gasteiger partial charge on any atom is -0.394 e. The molecule has 0 heterocycles. The third-order valence-corrected chi connectivity index (χ3v) is 1.63. The van der Waals surface area contributed by atoms with Gasteiger partial charge in [-0.25, -0.2) is 0 Å². The number of aliphatic hydroxyl groups is 1. The highest BCUT2D eigenvalue weighted by atomic mass is 16.5. The third kappa shape index (κ3) is 5.18. The van der Waals surface area contributed by atoms with Crippen molar-refractivity contribution in [2.75, 3.05) is 13.2 Å². The standard InChI is InChI=1S/C8H19NO2/c1-4-7(2)11-6-8(3,9)5-10/h7,10H,4-6,9H2,1-3H3. The molecule has 3 heteroatoms. The van der Waals surface area contributed by atoms with Gasteiger partial charge in [-0.3, -0.25) is 0 Å². The van der Waals surface area contributed by atoms with Crippen LogP contribution in [0.15, 0.2) is 0 Å². The third-order valence-electron chi connectivity index (χ3n) is 1.63. The fourth-order valence-corrected chi connectivity index (χ4v) is 0.496. The first-order chi connectivity index (χ1) is 5.02. The lowest BCUT2D eigenvalue weighted by Gasteiger charge is -2.23. The van der Waals surface area contributed by atoms with E-state index < -0.39 is 5.54 Å². The molecular formula is C8H19NO2. The van der Waals surface area contributed by atoms with Gasteiger partial charge in [0, 0.05) is 0 Å². The van der Waals surface area contributed by atoms with Crippen LogP contribution in [0.1, 0.15) is 27.2 Å². The van der Waals surface area contributed by atoms with Gasteiger partial charge < -0.3 is 15.6 Å². The molecule has 0 aromatic carbocycles. The molecule has 2 atom stereocenters. The summed E-state index contributed by atoms with van der Waals surface area (Å²) in [6.45, 7) is 6.20. The van der Waals surface area contributed by atoms with E-state index in [1.54, 1.807) is 6.92 Å². The van der Waals surface area contributed by atoms with E-state index in [1.165, 1.54) is 0 Å². The van der Waals surface area contributed by atoms with E-state index in [1.807, 2.05) is 6.92 Å². The van der Waals surface area contributed by atoms with Gasteiger partial charge in [-0.2, -0.15) is 0 Å². The van der Waals surface area contributed by atoms with Gasteiger partial charge in [0.2, 0.25) is 0 Å². The van der Waals surface area contributed by atoms with Crippen molar-refractivity contribution in [3.05, 3.63) is 0 Å². The molecule has 3 nitrogen and oxygen atoms in total. The summed E-state index contributed by atoms with van der Waals surface area (Å²) in [7, 11) is 0. The quantitative estimate of drug-likeness (QED) is 0.617. The van der Waals surface area contributed by atoms with Crippen molar-refractivity contribution in [3.63, 3.8) is 0 Å². The van der Waals surface area contributed by atoms with Crippen LogP contribution in [-0.2, 0) is 4.74 Å². The normalized spacial score (nSPS) is 19.4. The molecule has 0 spiro atoms. The second kappa shape index (κ2) is 4.70. The SMILES string of the molecule is CCC(C)OCC(C)(N)CO. The molecule has 0 saturated carbocycles. The van der Waals surface area contributed by atoms with E-state index in [2.05, 4.69) is 6.92 Å². The Kier molecular flexibility index (Phi) is 4.65. The lowest BCUT2D eigenvalue weighted by Crippen LogP contribution is -2.45. The average molecular weight is 161 g/mol. The van der Waals surface area contributed by atoms with E-state index in [9.17, 15) is 0 Å². The molecule has 2 unspecified atom stereocenters. The van der Waals surface area contributed by atoms with E-state index in [0.717, 1.165) is 6.42 Å². The summed E-state index contributed by atoms with van der Waals surface area (Å²) >= 11 is 0. The van der Waals surface area contributed by atoms with Crippen molar-refractivity contribution in [1.29, 1.82) is 0 Å². The van der Waals surface area contributed by atoms with Crippen LogP contribution in [0.4, 0.5) is 0 Å². The highest BCUT2D eigenvalue weighted by Crippen LogP contribution is 2.02. The molecule has 0 rings (SSSR count).